The van der Waals surface area contributed by atoms with Crippen molar-refractivity contribution in [3.8, 4) is 5.75 Å². The zero-order chi connectivity index (χ0) is 18.9. The highest BCUT2D eigenvalue weighted by Gasteiger charge is 2.49. The molecule has 0 fully saturated rings. The van der Waals surface area contributed by atoms with Gasteiger partial charge in [-0.25, -0.2) is 4.39 Å². The number of amides is 2. The highest BCUT2D eigenvalue weighted by Crippen LogP contribution is 2.37. The highest BCUT2D eigenvalue weighted by molar-refractivity contribution is 6.16. The van der Waals surface area contributed by atoms with Crippen molar-refractivity contribution in [3.05, 3.63) is 59.4 Å². The number of nitrogens with zero attached hydrogens (tertiary/aromatic N) is 1. The molecule has 6 heteroatoms. The highest BCUT2D eigenvalue weighted by atomic mass is 19.1. The molecule has 1 atom stereocenters. The van der Waals surface area contributed by atoms with Crippen LogP contribution in [0.3, 0.4) is 0 Å². The lowest BCUT2D eigenvalue weighted by Crippen LogP contribution is -2.61. The molecule has 0 spiro atoms. The predicted octanol–water partition coefficient (Wildman–Crippen LogP) is 2.61. The summed E-state index contributed by atoms with van der Waals surface area (Å²) in [6, 6.07) is 11.8. The average Bonchev–Trinajstić information content (AvgIpc) is 2.62. The molecule has 1 aliphatic heterocycles. The van der Waals surface area contributed by atoms with Crippen molar-refractivity contribution in [1.29, 1.82) is 0 Å². The summed E-state index contributed by atoms with van der Waals surface area (Å²) in [6.07, 6.45) is 0.328. The van der Waals surface area contributed by atoms with Gasteiger partial charge in [-0.05, 0) is 49.6 Å². The molecular formula is C20H21FN2O3. The normalized spacial score (nSPS) is 18.9. The van der Waals surface area contributed by atoms with Crippen molar-refractivity contribution in [1.82, 2.24) is 5.32 Å². The summed E-state index contributed by atoms with van der Waals surface area (Å²) >= 11 is 0. The number of hydrogen-bond acceptors (Lipinski definition) is 3. The molecule has 0 aromatic heterocycles. The van der Waals surface area contributed by atoms with E-state index in [1.807, 2.05) is 19.1 Å². The number of halogens is 1. The molecule has 1 unspecified atom stereocenters. The molecule has 0 saturated carbocycles. The minimum Gasteiger partial charge on any atom is -0.466 e. The molecule has 26 heavy (non-hydrogen) atoms. The number of aryl methyl sites for hydroxylation is 1. The van der Waals surface area contributed by atoms with Gasteiger partial charge in [0.1, 0.15) is 11.6 Å². The zero-order valence-corrected chi connectivity index (χ0v) is 15.0. The minimum absolute atomic E-state index is 0.205. The third-order valence-electron chi connectivity index (χ3n) is 4.57. The Morgan fingerprint density at radius 1 is 1.27 bits per heavy atom. The summed E-state index contributed by atoms with van der Waals surface area (Å²) in [4.78, 5) is 26.8. The fourth-order valence-electron chi connectivity index (χ4n) is 2.99. The number of carbonyl (C=O) groups is 2. The van der Waals surface area contributed by atoms with E-state index >= 15 is 0 Å². The van der Waals surface area contributed by atoms with Crippen molar-refractivity contribution < 1.29 is 18.7 Å². The van der Waals surface area contributed by atoms with Crippen LogP contribution in [0.2, 0.25) is 0 Å². The maximum Gasteiger partial charge on any atom is 0.280 e. The molecule has 3 rings (SSSR count). The summed E-state index contributed by atoms with van der Waals surface area (Å²) in [5.74, 6) is -0.831. The first-order valence-electron chi connectivity index (χ1n) is 8.42. The predicted molar refractivity (Wildman–Crippen MR) is 96.7 cm³/mol. The van der Waals surface area contributed by atoms with Crippen molar-refractivity contribution >= 4 is 17.5 Å². The van der Waals surface area contributed by atoms with Gasteiger partial charge in [0.2, 0.25) is 0 Å². The zero-order valence-electron chi connectivity index (χ0n) is 15.0. The molecule has 0 aliphatic carbocycles. The third-order valence-corrected chi connectivity index (χ3v) is 4.57. The van der Waals surface area contributed by atoms with Crippen molar-refractivity contribution in [2.45, 2.75) is 25.9 Å². The lowest BCUT2D eigenvalue weighted by atomic mass is 9.99. The van der Waals surface area contributed by atoms with Crippen LogP contribution in [0.15, 0.2) is 42.5 Å². The standard InChI is InChI=1S/C20H21FN2O3/c1-13-8-9-17-16(12-13)23(3)19(25)20(2,26-17)18(24)22-11-10-14-6-4-5-7-15(14)21/h4-9,12H,10-11H2,1-3H3,(H,22,24). The van der Waals surface area contributed by atoms with Crippen molar-refractivity contribution in [2.24, 2.45) is 0 Å². The van der Waals surface area contributed by atoms with Crippen molar-refractivity contribution in [3.63, 3.8) is 0 Å². The summed E-state index contributed by atoms with van der Waals surface area (Å²) < 4.78 is 19.4. The smallest absolute Gasteiger partial charge is 0.280 e. The molecule has 1 aliphatic rings. The Bertz CT molecular complexity index is 868. The topological polar surface area (TPSA) is 58.6 Å². The van der Waals surface area contributed by atoms with Gasteiger partial charge in [0.15, 0.2) is 0 Å². The second-order valence-electron chi connectivity index (χ2n) is 6.57. The van der Waals surface area contributed by atoms with Crippen LogP contribution in [0.25, 0.3) is 0 Å². The Morgan fingerprint density at radius 3 is 2.73 bits per heavy atom. The molecule has 136 valence electrons. The Labute approximate surface area is 151 Å². The number of carbonyl (C=O) groups excluding carboxylic acids is 2. The first-order chi connectivity index (χ1) is 12.3. The second kappa shape index (κ2) is 6.78. The summed E-state index contributed by atoms with van der Waals surface area (Å²) in [6.45, 7) is 3.57. The molecule has 0 radical (unpaired) electrons. The fourth-order valence-corrected chi connectivity index (χ4v) is 2.99. The van der Waals surface area contributed by atoms with Crippen LogP contribution < -0.4 is 15.0 Å². The molecule has 0 saturated heterocycles. The van der Waals surface area contributed by atoms with Crippen LogP contribution in [-0.4, -0.2) is 31.0 Å². The van der Waals surface area contributed by atoms with Gasteiger partial charge >= 0.3 is 0 Å². The van der Waals surface area contributed by atoms with Gasteiger partial charge in [0.05, 0.1) is 5.69 Å². The van der Waals surface area contributed by atoms with Crippen LogP contribution in [0.1, 0.15) is 18.1 Å². The van der Waals surface area contributed by atoms with E-state index in [-0.39, 0.29) is 12.4 Å². The average molecular weight is 356 g/mol. The Hall–Kier alpha value is -2.89. The van der Waals surface area contributed by atoms with E-state index in [1.54, 1.807) is 31.3 Å². The SMILES string of the molecule is Cc1ccc2c(c1)N(C)C(=O)C(C)(C(=O)NCCc1ccccc1F)O2. The second-order valence-corrected chi connectivity index (χ2v) is 6.57. The van der Waals surface area contributed by atoms with Crippen molar-refractivity contribution in [2.75, 3.05) is 18.5 Å². The van der Waals surface area contributed by atoms with Crippen LogP contribution in [0, 0.1) is 12.7 Å². The molecule has 2 aromatic rings. The van der Waals surface area contributed by atoms with Gasteiger partial charge in [0, 0.05) is 13.6 Å². The Kier molecular flexibility index (Phi) is 4.68. The third kappa shape index (κ3) is 3.14. The fraction of sp³-hybridized carbons (Fsp3) is 0.300. The number of hydrogen-bond donors (Lipinski definition) is 1. The minimum atomic E-state index is -1.66. The number of fused-ring (bicyclic) bond motifs is 1. The summed E-state index contributed by atoms with van der Waals surface area (Å²) in [5, 5.41) is 2.68. The summed E-state index contributed by atoms with van der Waals surface area (Å²) in [5.41, 5.74) is 0.468. The number of rotatable bonds is 4. The molecule has 1 N–H and O–H groups in total. The van der Waals surface area contributed by atoms with Gasteiger partial charge in [-0.15, -0.1) is 0 Å². The monoisotopic (exact) mass is 356 g/mol. The van der Waals surface area contributed by atoms with E-state index in [4.69, 9.17) is 4.74 Å². The van der Waals surface area contributed by atoms with Crippen LogP contribution in [0.5, 0.6) is 5.75 Å². The van der Waals surface area contributed by atoms with Gasteiger partial charge in [0.25, 0.3) is 17.4 Å². The molecule has 1 heterocycles. The van der Waals surface area contributed by atoms with Crippen LogP contribution >= 0.6 is 0 Å². The van der Waals surface area contributed by atoms with Crippen LogP contribution in [0.4, 0.5) is 10.1 Å². The maximum atomic E-state index is 13.7. The molecular weight excluding hydrogens is 335 g/mol. The maximum absolute atomic E-state index is 13.7. The first kappa shape index (κ1) is 17.9. The molecule has 2 amide bonds. The van der Waals surface area contributed by atoms with E-state index in [1.165, 1.54) is 17.9 Å². The molecule has 0 bridgehead atoms. The quantitative estimate of drug-likeness (QED) is 0.857. The molecule has 5 nitrogen and oxygen atoms in total. The van der Waals surface area contributed by atoms with E-state index in [0.29, 0.717) is 23.4 Å². The van der Waals surface area contributed by atoms with E-state index in [0.717, 1.165) is 5.56 Å². The van der Waals surface area contributed by atoms with E-state index in [9.17, 15) is 14.0 Å². The van der Waals surface area contributed by atoms with Gasteiger partial charge < -0.3 is 15.0 Å². The molecule has 2 aromatic carbocycles. The largest absolute Gasteiger partial charge is 0.466 e. The Balaban J connectivity index is 1.73. The number of nitrogens with one attached hydrogen (secondary N) is 1. The van der Waals surface area contributed by atoms with E-state index in [2.05, 4.69) is 5.32 Å². The lowest BCUT2D eigenvalue weighted by molar-refractivity contribution is -0.148. The van der Waals surface area contributed by atoms with Gasteiger partial charge in [-0.3, -0.25) is 9.59 Å². The van der Waals surface area contributed by atoms with E-state index < -0.39 is 17.4 Å². The number of benzene rings is 2. The van der Waals surface area contributed by atoms with Crippen LogP contribution in [-0.2, 0) is 16.0 Å². The number of anilines is 1. The first-order valence-corrected chi connectivity index (χ1v) is 8.42. The summed E-state index contributed by atoms with van der Waals surface area (Å²) in [7, 11) is 1.62. The van der Waals surface area contributed by atoms with Gasteiger partial charge in [-0.2, -0.15) is 0 Å². The van der Waals surface area contributed by atoms with Gasteiger partial charge in [-0.1, -0.05) is 24.3 Å². The lowest BCUT2D eigenvalue weighted by Gasteiger charge is -2.38. The number of ether oxygens (including phenoxy) is 1. The Morgan fingerprint density at radius 2 is 2.00 bits per heavy atom. The number of likely N-dealkylation sites (N-methyl/N-ethyl adjacent to an activating group) is 1.